The van der Waals surface area contributed by atoms with Crippen LogP contribution in [0.5, 0.6) is 11.6 Å². The number of fused-ring (bicyclic) bond motifs is 1. The van der Waals surface area contributed by atoms with Gasteiger partial charge in [-0.05, 0) is 57.1 Å². The van der Waals surface area contributed by atoms with Gasteiger partial charge in [-0.1, -0.05) is 20.8 Å². The van der Waals surface area contributed by atoms with E-state index in [1.807, 2.05) is 12.1 Å². The van der Waals surface area contributed by atoms with Crippen LogP contribution in [0.25, 0.3) is 10.9 Å². The summed E-state index contributed by atoms with van der Waals surface area (Å²) in [6, 6.07) is 7.19. The Bertz CT molecular complexity index is 833. The van der Waals surface area contributed by atoms with Crippen LogP contribution in [0.1, 0.15) is 41.5 Å². The Balaban J connectivity index is 2.47. The zero-order valence-electron chi connectivity index (χ0n) is 17.4. The van der Waals surface area contributed by atoms with Crippen molar-refractivity contribution in [2.24, 2.45) is 0 Å². The second kappa shape index (κ2) is 7.24. The Morgan fingerprint density at radius 1 is 1.11 bits per heavy atom. The summed E-state index contributed by atoms with van der Waals surface area (Å²) in [4.78, 5) is 12.6. The van der Waals surface area contributed by atoms with Crippen LogP contribution in [0.4, 0.5) is 4.79 Å². The molecular formula is C19H29BNO5Si. The quantitative estimate of drug-likeness (QED) is 0.766. The van der Waals surface area contributed by atoms with Gasteiger partial charge in [0, 0.05) is 11.5 Å². The number of aromatic nitrogens is 1. The van der Waals surface area contributed by atoms with Crippen LogP contribution in [0.3, 0.4) is 0 Å². The number of hydrogen-bond acceptors (Lipinski definition) is 5. The molecule has 0 aliphatic rings. The monoisotopic (exact) mass is 390 g/mol. The van der Waals surface area contributed by atoms with Gasteiger partial charge in [0.15, 0.2) is 5.88 Å². The molecule has 27 heavy (non-hydrogen) atoms. The van der Waals surface area contributed by atoms with Crippen LogP contribution in [0.2, 0.25) is 18.1 Å². The molecule has 0 atom stereocenters. The van der Waals surface area contributed by atoms with Gasteiger partial charge in [0.1, 0.15) is 11.4 Å². The lowest BCUT2D eigenvalue weighted by molar-refractivity contribution is 0.0537. The fourth-order valence-electron chi connectivity index (χ4n) is 2.32. The number of benzene rings is 1. The number of carbonyl (C=O) groups excluding carboxylic acids is 1. The molecule has 8 heteroatoms. The maximum Gasteiger partial charge on any atom is 0.570 e. The topological polar surface area (TPSA) is 69.9 Å². The number of nitrogens with zero attached hydrogens (tertiary/aromatic N) is 1. The van der Waals surface area contributed by atoms with Gasteiger partial charge < -0.3 is 18.8 Å². The van der Waals surface area contributed by atoms with Gasteiger partial charge in [-0.15, -0.1) is 0 Å². The standard InChI is InChI=1S/C19H29BNO5Si/c1-18(2,3)24-17(22)21-15-10-9-14(26-27(7,8)19(4,5)6)11-13(15)12-16(21)25-20-23/h9-12,23H,1-8H3. The molecule has 1 aromatic carbocycles. The molecule has 0 saturated heterocycles. The first-order valence-corrected chi connectivity index (χ1v) is 11.9. The van der Waals surface area contributed by atoms with E-state index >= 15 is 0 Å². The molecule has 2 aromatic rings. The SMILES string of the molecule is CC(C)(C)OC(=O)n1c(O[B]O)cc2cc(O[Si](C)(C)C(C)(C)C)ccc21. The highest BCUT2D eigenvalue weighted by Gasteiger charge is 2.39. The summed E-state index contributed by atoms with van der Waals surface area (Å²) in [6.07, 6.45) is -0.576. The first-order valence-electron chi connectivity index (χ1n) is 8.95. The fraction of sp³-hybridized carbons (Fsp3) is 0.526. The van der Waals surface area contributed by atoms with Crippen molar-refractivity contribution < 1.29 is 23.6 Å². The molecular weight excluding hydrogens is 361 g/mol. The minimum Gasteiger partial charge on any atom is -0.543 e. The van der Waals surface area contributed by atoms with Crippen molar-refractivity contribution in [2.45, 2.75) is 65.3 Å². The van der Waals surface area contributed by atoms with Crippen molar-refractivity contribution in [1.82, 2.24) is 4.57 Å². The van der Waals surface area contributed by atoms with Gasteiger partial charge in [0.2, 0.25) is 8.32 Å². The molecule has 1 N–H and O–H groups in total. The molecule has 0 saturated carbocycles. The first kappa shape index (κ1) is 21.4. The highest BCUT2D eigenvalue weighted by Crippen LogP contribution is 2.38. The molecule has 0 amide bonds. The maximum absolute atomic E-state index is 12.6. The third-order valence-electron chi connectivity index (χ3n) is 4.67. The molecule has 6 nitrogen and oxygen atoms in total. The first-order chi connectivity index (χ1) is 12.2. The van der Waals surface area contributed by atoms with E-state index in [1.54, 1.807) is 32.9 Å². The van der Waals surface area contributed by atoms with Crippen LogP contribution in [0.15, 0.2) is 24.3 Å². The Kier molecular flexibility index (Phi) is 5.73. The van der Waals surface area contributed by atoms with E-state index in [4.69, 9.17) is 18.8 Å². The van der Waals surface area contributed by atoms with Crippen molar-refractivity contribution >= 4 is 33.0 Å². The summed E-state index contributed by atoms with van der Waals surface area (Å²) >= 11 is 0. The van der Waals surface area contributed by atoms with E-state index in [-0.39, 0.29) is 10.9 Å². The van der Waals surface area contributed by atoms with E-state index in [9.17, 15) is 4.79 Å². The lowest BCUT2D eigenvalue weighted by Crippen LogP contribution is -2.43. The molecule has 1 aromatic heterocycles. The predicted molar refractivity (Wildman–Crippen MR) is 110 cm³/mol. The average Bonchev–Trinajstić information content (AvgIpc) is 2.81. The van der Waals surface area contributed by atoms with E-state index in [0.29, 0.717) is 13.2 Å². The molecule has 1 radical (unpaired) electrons. The minimum atomic E-state index is -1.98. The molecule has 0 spiro atoms. The van der Waals surface area contributed by atoms with Gasteiger partial charge >= 0.3 is 13.8 Å². The highest BCUT2D eigenvalue weighted by atomic mass is 28.4. The molecule has 0 fully saturated rings. The lowest BCUT2D eigenvalue weighted by atomic mass is 10.2. The van der Waals surface area contributed by atoms with E-state index < -0.39 is 20.0 Å². The van der Waals surface area contributed by atoms with Crippen molar-refractivity contribution in [3.63, 3.8) is 0 Å². The Labute approximate surface area is 162 Å². The van der Waals surface area contributed by atoms with E-state index in [1.165, 1.54) is 4.57 Å². The van der Waals surface area contributed by atoms with Crippen LogP contribution < -0.4 is 9.08 Å². The largest absolute Gasteiger partial charge is 0.570 e. The average molecular weight is 390 g/mol. The predicted octanol–water partition coefficient (Wildman–Crippen LogP) is 4.71. The zero-order valence-corrected chi connectivity index (χ0v) is 18.4. The van der Waals surface area contributed by atoms with Gasteiger partial charge in [0.05, 0.1) is 5.52 Å². The number of carbonyl (C=O) groups is 1. The van der Waals surface area contributed by atoms with Gasteiger partial charge in [-0.2, -0.15) is 0 Å². The second-order valence-corrected chi connectivity index (χ2v) is 13.8. The van der Waals surface area contributed by atoms with Crippen molar-refractivity contribution in [1.29, 1.82) is 0 Å². The summed E-state index contributed by atoms with van der Waals surface area (Å²) in [5, 5.41) is 9.88. The lowest BCUT2D eigenvalue weighted by Gasteiger charge is -2.36. The molecule has 0 aliphatic heterocycles. The number of ether oxygens (including phenoxy) is 1. The van der Waals surface area contributed by atoms with E-state index in [0.717, 1.165) is 11.1 Å². The summed E-state index contributed by atoms with van der Waals surface area (Å²) in [5.74, 6) is 0.918. The molecule has 2 rings (SSSR count). The molecule has 0 bridgehead atoms. The number of hydrogen-bond donors (Lipinski definition) is 1. The van der Waals surface area contributed by atoms with Crippen LogP contribution in [0, 0.1) is 0 Å². The third kappa shape index (κ3) is 4.87. The minimum absolute atomic E-state index is 0.0739. The van der Waals surface area contributed by atoms with Crippen LogP contribution in [-0.2, 0) is 4.74 Å². The summed E-state index contributed by atoms with van der Waals surface area (Å²) < 4.78 is 18.2. The summed E-state index contributed by atoms with van der Waals surface area (Å²) in [6.45, 7) is 16.3. The molecule has 0 aliphatic carbocycles. The third-order valence-corrected chi connectivity index (χ3v) is 9.03. The summed E-state index contributed by atoms with van der Waals surface area (Å²) in [5.41, 5.74) is -0.0390. The van der Waals surface area contributed by atoms with Gasteiger partial charge in [-0.25, -0.2) is 9.36 Å². The fourth-order valence-corrected chi connectivity index (χ4v) is 3.34. The number of rotatable bonds is 4. The molecule has 0 unspecified atom stereocenters. The normalized spacial score (nSPS) is 12.8. The van der Waals surface area contributed by atoms with Gasteiger partial charge in [0.25, 0.3) is 0 Å². The zero-order chi connectivity index (χ0) is 20.6. The molecule has 1 heterocycles. The van der Waals surface area contributed by atoms with Crippen LogP contribution in [-0.4, -0.2) is 37.3 Å². The Morgan fingerprint density at radius 3 is 2.26 bits per heavy atom. The summed E-state index contributed by atoms with van der Waals surface area (Å²) in [7, 11) is -1.44. The Morgan fingerprint density at radius 2 is 1.74 bits per heavy atom. The second-order valence-electron chi connectivity index (χ2n) is 9.10. The highest BCUT2D eigenvalue weighted by molar-refractivity contribution is 6.74. The van der Waals surface area contributed by atoms with Crippen molar-refractivity contribution in [3.8, 4) is 11.6 Å². The van der Waals surface area contributed by atoms with Crippen molar-refractivity contribution in [2.75, 3.05) is 0 Å². The smallest absolute Gasteiger partial charge is 0.543 e. The van der Waals surface area contributed by atoms with Gasteiger partial charge in [-0.3, -0.25) is 0 Å². The molecule has 147 valence electrons. The maximum atomic E-state index is 12.6. The van der Waals surface area contributed by atoms with Crippen LogP contribution >= 0.6 is 0 Å². The van der Waals surface area contributed by atoms with E-state index in [2.05, 4.69) is 33.9 Å². The Hall–Kier alpha value is -1.93. The van der Waals surface area contributed by atoms with Crippen molar-refractivity contribution in [3.05, 3.63) is 24.3 Å².